The molecular weight excluding hydrogens is 382 g/mol. The molecule has 0 spiro atoms. The maximum absolute atomic E-state index is 13.2. The number of carbonyl (C=O) groups is 1. The van der Waals surface area contributed by atoms with Gasteiger partial charge in [-0.25, -0.2) is 4.98 Å². The molecule has 1 aliphatic rings. The zero-order chi connectivity index (χ0) is 20.4. The lowest BCUT2D eigenvalue weighted by atomic mass is 10.0. The van der Waals surface area contributed by atoms with E-state index < -0.39 is 0 Å². The van der Waals surface area contributed by atoms with Gasteiger partial charge in [0.15, 0.2) is 5.16 Å². The van der Waals surface area contributed by atoms with Gasteiger partial charge in [0.05, 0.1) is 22.3 Å². The minimum absolute atomic E-state index is 0.110. The fraction of sp³-hybridized carbons (Fsp3) is 0.348. The van der Waals surface area contributed by atoms with Crippen molar-refractivity contribution in [3.63, 3.8) is 0 Å². The van der Waals surface area contributed by atoms with Gasteiger partial charge in [-0.1, -0.05) is 48.5 Å². The van der Waals surface area contributed by atoms with Crippen LogP contribution in [0.4, 0.5) is 0 Å². The molecule has 1 amide bonds. The van der Waals surface area contributed by atoms with E-state index in [1.165, 1.54) is 18.2 Å². The number of thioether (sulfide) groups is 1. The highest BCUT2D eigenvalue weighted by Gasteiger charge is 2.22. The molecule has 0 unspecified atom stereocenters. The minimum atomic E-state index is -0.110. The standard InChI is InChI=1S/C23H25N3O2S/c1-16-9-11-18(12-10-16)26-22(28)19-7-3-4-8-20(19)24-23(26)29-15-21(27)25-13-5-6-17(2)14-25/h3-4,7-12,17H,5-6,13-15H2,1-2H3/t17-/m1/s1. The molecule has 1 saturated heterocycles. The first-order chi connectivity index (χ1) is 14.0. The predicted molar refractivity (Wildman–Crippen MR) is 118 cm³/mol. The Morgan fingerprint density at radius 2 is 1.93 bits per heavy atom. The van der Waals surface area contributed by atoms with Crippen LogP contribution in [0.5, 0.6) is 0 Å². The number of benzene rings is 2. The lowest BCUT2D eigenvalue weighted by molar-refractivity contribution is -0.130. The summed E-state index contributed by atoms with van der Waals surface area (Å²) in [4.78, 5) is 32.6. The number of amides is 1. The van der Waals surface area contributed by atoms with Crippen LogP contribution in [0, 0.1) is 12.8 Å². The Hall–Kier alpha value is -2.60. The molecule has 0 radical (unpaired) electrons. The van der Waals surface area contributed by atoms with E-state index in [-0.39, 0.29) is 17.2 Å². The van der Waals surface area contributed by atoms with E-state index in [1.54, 1.807) is 10.6 Å². The zero-order valence-electron chi connectivity index (χ0n) is 16.8. The predicted octanol–water partition coefficient (Wildman–Crippen LogP) is 4.04. The summed E-state index contributed by atoms with van der Waals surface area (Å²) in [5.41, 5.74) is 2.43. The van der Waals surface area contributed by atoms with Crippen LogP contribution in [-0.4, -0.2) is 39.2 Å². The number of aromatic nitrogens is 2. The fourth-order valence-corrected chi connectivity index (χ4v) is 4.68. The molecule has 4 rings (SSSR count). The molecule has 1 aromatic heterocycles. The van der Waals surface area contributed by atoms with Gasteiger partial charge in [0.25, 0.3) is 5.56 Å². The Bertz CT molecular complexity index is 1090. The van der Waals surface area contributed by atoms with Crippen LogP contribution in [-0.2, 0) is 4.79 Å². The van der Waals surface area contributed by atoms with E-state index in [9.17, 15) is 9.59 Å². The van der Waals surface area contributed by atoms with Gasteiger partial charge in [-0.15, -0.1) is 0 Å². The summed E-state index contributed by atoms with van der Waals surface area (Å²) < 4.78 is 1.62. The molecule has 5 nitrogen and oxygen atoms in total. The molecule has 1 atom stereocenters. The van der Waals surface area contributed by atoms with Gasteiger partial charge in [0, 0.05) is 13.1 Å². The maximum atomic E-state index is 13.2. The van der Waals surface area contributed by atoms with Gasteiger partial charge in [-0.05, 0) is 49.9 Å². The summed E-state index contributed by atoms with van der Waals surface area (Å²) in [6, 6.07) is 15.2. The monoisotopic (exact) mass is 407 g/mol. The number of rotatable bonds is 4. The minimum Gasteiger partial charge on any atom is -0.342 e. The number of aryl methyl sites for hydroxylation is 1. The molecule has 2 heterocycles. The molecule has 1 aliphatic heterocycles. The van der Waals surface area contributed by atoms with Gasteiger partial charge in [-0.2, -0.15) is 0 Å². The third-order valence-electron chi connectivity index (χ3n) is 5.37. The average molecular weight is 408 g/mol. The van der Waals surface area contributed by atoms with E-state index in [2.05, 4.69) is 6.92 Å². The van der Waals surface area contributed by atoms with Crippen molar-refractivity contribution in [3.05, 3.63) is 64.4 Å². The molecule has 6 heteroatoms. The molecule has 0 saturated carbocycles. The van der Waals surface area contributed by atoms with Crippen molar-refractivity contribution in [2.75, 3.05) is 18.8 Å². The first kappa shape index (κ1) is 19.7. The Morgan fingerprint density at radius 3 is 2.69 bits per heavy atom. The summed E-state index contributed by atoms with van der Waals surface area (Å²) in [5, 5.41) is 1.13. The zero-order valence-corrected chi connectivity index (χ0v) is 17.6. The lowest BCUT2D eigenvalue weighted by Crippen LogP contribution is -2.40. The molecule has 1 fully saturated rings. The topological polar surface area (TPSA) is 55.2 Å². The maximum Gasteiger partial charge on any atom is 0.266 e. The SMILES string of the molecule is Cc1ccc(-n2c(SCC(=O)N3CCC[C@@H](C)C3)nc3ccccc3c2=O)cc1. The number of likely N-dealkylation sites (tertiary alicyclic amines) is 1. The Labute approximate surface area is 174 Å². The summed E-state index contributed by atoms with van der Waals surface area (Å²) in [7, 11) is 0. The van der Waals surface area contributed by atoms with Crippen molar-refractivity contribution in [1.29, 1.82) is 0 Å². The molecule has 0 aliphatic carbocycles. The van der Waals surface area contributed by atoms with E-state index in [1.807, 2.05) is 54.3 Å². The molecular formula is C23H25N3O2S. The van der Waals surface area contributed by atoms with Crippen LogP contribution in [0.2, 0.25) is 0 Å². The highest BCUT2D eigenvalue weighted by atomic mass is 32.2. The third kappa shape index (κ3) is 4.22. The quantitative estimate of drug-likeness (QED) is 0.484. The second-order valence-electron chi connectivity index (χ2n) is 7.76. The molecule has 0 bridgehead atoms. The van der Waals surface area contributed by atoms with Crippen LogP contribution >= 0.6 is 11.8 Å². The number of hydrogen-bond donors (Lipinski definition) is 0. The third-order valence-corrected chi connectivity index (χ3v) is 6.29. The lowest BCUT2D eigenvalue weighted by Gasteiger charge is -2.30. The first-order valence-corrected chi connectivity index (χ1v) is 11.0. The summed E-state index contributed by atoms with van der Waals surface area (Å²) in [5.74, 6) is 0.935. The van der Waals surface area contributed by atoms with E-state index in [0.29, 0.717) is 22.0 Å². The van der Waals surface area contributed by atoms with Crippen LogP contribution in [0.1, 0.15) is 25.3 Å². The normalized spacial score (nSPS) is 16.9. The number of carbonyl (C=O) groups excluding carboxylic acids is 1. The molecule has 0 N–H and O–H groups in total. The summed E-state index contributed by atoms with van der Waals surface area (Å²) in [6.07, 6.45) is 2.23. The number of para-hydroxylation sites is 1. The fourth-order valence-electron chi connectivity index (χ4n) is 3.76. The van der Waals surface area contributed by atoms with Crippen molar-refractivity contribution >= 4 is 28.6 Å². The van der Waals surface area contributed by atoms with Crippen molar-refractivity contribution < 1.29 is 4.79 Å². The van der Waals surface area contributed by atoms with E-state index >= 15 is 0 Å². The van der Waals surface area contributed by atoms with Crippen molar-refractivity contribution in [2.24, 2.45) is 5.92 Å². The largest absolute Gasteiger partial charge is 0.342 e. The van der Waals surface area contributed by atoms with Gasteiger partial charge >= 0.3 is 0 Å². The number of fused-ring (bicyclic) bond motifs is 1. The number of hydrogen-bond acceptors (Lipinski definition) is 4. The Balaban J connectivity index is 1.69. The second-order valence-corrected chi connectivity index (χ2v) is 8.71. The van der Waals surface area contributed by atoms with Gasteiger partial charge < -0.3 is 4.90 Å². The Morgan fingerprint density at radius 1 is 1.17 bits per heavy atom. The molecule has 29 heavy (non-hydrogen) atoms. The summed E-state index contributed by atoms with van der Waals surface area (Å²) >= 11 is 1.34. The van der Waals surface area contributed by atoms with Crippen LogP contribution < -0.4 is 5.56 Å². The van der Waals surface area contributed by atoms with E-state index in [4.69, 9.17) is 4.98 Å². The smallest absolute Gasteiger partial charge is 0.266 e. The number of piperidine rings is 1. The summed E-state index contributed by atoms with van der Waals surface area (Å²) in [6.45, 7) is 5.83. The van der Waals surface area contributed by atoms with E-state index in [0.717, 1.165) is 30.8 Å². The van der Waals surface area contributed by atoms with Crippen molar-refractivity contribution in [1.82, 2.24) is 14.5 Å². The first-order valence-electron chi connectivity index (χ1n) is 10.0. The van der Waals surface area contributed by atoms with Crippen molar-refractivity contribution in [3.8, 4) is 5.69 Å². The highest BCUT2D eigenvalue weighted by molar-refractivity contribution is 7.99. The molecule has 150 valence electrons. The van der Waals surface area contributed by atoms with Gasteiger partial charge in [0.1, 0.15) is 0 Å². The van der Waals surface area contributed by atoms with Gasteiger partial charge in [0.2, 0.25) is 5.91 Å². The highest BCUT2D eigenvalue weighted by Crippen LogP contribution is 2.23. The second kappa shape index (κ2) is 8.41. The van der Waals surface area contributed by atoms with Crippen LogP contribution in [0.25, 0.3) is 16.6 Å². The van der Waals surface area contributed by atoms with Gasteiger partial charge in [-0.3, -0.25) is 14.2 Å². The molecule has 2 aromatic carbocycles. The Kier molecular flexibility index (Phi) is 5.72. The van der Waals surface area contributed by atoms with Crippen LogP contribution in [0.15, 0.2) is 58.5 Å². The van der Waals surface area contributed by atoms with Crippen LogP contribution in [0.3, 0.4) is 0 Å². The number of nitrogens with zero attached hydrogens (tertiary/aromatic N) is 3. The molecule has 3 aromatic rings. The average Bonchev–Trinajstić information content (AvgIpc) is 2.73. The van der Waals surface area contributed by atoms with Crippen molar-refractivity contribution in [2.45, 2.75) is 31.8 Å².